The molecule has 0 unspecified atom stereocenters. The van der Waals surface area contributed by atoms with Gasteiger partial charge in [0.25, 0.3) is 0 Å². The van der Waals surface area contributed by atoms with Gasteiger partial charge in [0.15, 0.2) is 5.95 Å². The molecule has 0 saturated carbocycles. The third-order valence-corrected chi connectivity index (χ3v) is 4.08. The molecule has 2 aromatic carbocycles. The Morgan fingerprint density at radius 2 is 1.37 bits per heavy atom. The maximum Gasteiger partial charge on any atom is 0.490 e. The number of halogens is 7. The van der Waals surface area contributed by atoms with Gasteiger partial charge < -0.3 is 25.7 Å². The smallest absolute Gasteiger partial charge is 0.475 e. The Labute approximate surface area is 207 Å². The molecular formula is C22H15F7N4O5. The lowest BCUT2D eigenvalue weighted by atomic mass is 10.1. The summed E-state index contributed by atoms with van der Waals surface area (Å²) in [4.78, 5) is 29.2. The van der Waals surface area contributed by atoms with Crippen molar-refractivity contribution in [1.82, 2.24) is 15.0 Å². The Hall–Kier alpha value is -4.89. The number of rotatable bonds is 3. The lowest BCUT2D eigenvalue weighted by molar-refractivity contribution is -0.193. The molecule has 38 heavy (non-hydrogen) atoms. The van der Waals surface area contributed by atoms with Crippen molar-refractivity contribution in [3.05, 3.63) is 66.7 Å². The number of aromatic amines is 1. The highest BCUT2D eigenvalue weighted by Crippen LogP contribution is 2.28. The van der Waals surface area contributed by atoms with Crippen molar-refractivity contribution in [2.24, 2.45) is 0 Å². The third-order valence-electron chi connectivity index (χ3n) is 4.08. The molecule has 202 valence electrons. The predicted molar refractivity (Wildman–Crippen MR) is 118 cm³/mol. The molecule has 0 spiro atoms. The zero-order valence-electron chi connectivity index (χ0n) is 18.5. The Bertz CT molecular complexity index is 1380. The number of hydrogen-bond donors (Lipinski definition) is 4. The number of pyridine rings is 1. The third kappa shape index (κ3) is 8.96. The molecule has 0 atom stereocenters. The van der Waals surface area contributed by atoms with Crippen LogP contribution in [0.4, 0.5) is 36.7 Å². The molecule has 0 saturated heterocycles. The largest absolute Gasteiger partial charge is 0.490 e. The van der Waals surface area contributed by atoms with Crippen LogP contribution in [0.2, 0.25) is 0 Å². The second-order valence-electron chi connectivity index (χ2n) is 6.93. The summed E-state index contributed by atoms with van der Waals surface area (Å²) in [6, 6.07) is 13.5. The molecule has 0 amide bonds. The first kappa shape index (κ1) is 29.3. The van der Waals surface area contributed by atoms with Crippen LogP contribution >= 0.6 is 0 Å². The van der Waals surface area contributed by atoms with E-state index in [1.165, 1.54) is 12.1 Å². The summed E-state index contributed by atoms with van der Waals surface area (Å²) in [5.41, 5.74) is 9.19. The first-order valence-electron chi connectivity index (χ1n) is 9.80. The van der Waals surface area contributed by atoms with Crippen LogP contribution in [-0.2, 0) is 9.59 Å². The van der Waals surface area contributed by atoms with E-state index in [0.717, 1.165) is 22.2 Å². The number of nitrogens with zero attached hydrogens (tertiary/aromatic N) is 2. The van der Waals surface area contributed by atoms with E-state index in [2.05, 4.69) is 15.0 Å². The van der Waals surface area contributed by atoms with Gasteiger partial charge >= 0.3 is 24.3 Å². The van der Waals surface area contributed by atoms with Gasteiger partial charge in [0.05, 0.1) is 17.2 Å². The van der Waals surface area contributed by atoms with Crippen molar-refractivity contribution in [2.75, 3.05) is 5.73 Å². The fourth-order valence-corrected chi connectivity index (χ4v) is 2.48. The second-order valence-corrected chi connectivity index (χ2v) is 6.93. The number of nitrogen functional groups attached to an aromatic ring is 1. The van der Waals surface area contributed by atoms with Gasteiger partial charge in [0, 0.05) is 11.8 Å². The van der Waals surface area contributed by atoms with Gasteiger partial charge in [-0.15, -0.1) is 0 Å². The molecule has 0 bridgehead atoms. The molecular weight excluding hydrogens is 533 g/mol. The number of hydrogen-bond acceptors (Lipinski definition) is 6. The summed E-state index contributed by atoms with van der Waals surface area (Å²) in [5.74, 6) is -4.31. The van der Waals surface area contributed by atoms with Crippen molar-refractivity contribution in [3.8, 4) is 22.6 Å². The quantitative estimate of drug-likeness (QED) is 0.248. The molecule has 4 rings (SSSR count). The number of carbonyl (C=O) groups is 2. The van der Waals surface area contributed by atoms with E-state index in [9.17, 15) is 30.7 Å². The number of carboxylic acids is 2. The van der Waals surface area contributed by atoms with E-state index in [0.29, 0.717) is 17.4 Å². The number of benzene rings is 2. The van der Waals surface area contributed by atoms with Crippen LogP contribution in [0.3, 0.4) is 0 Å². The van der Waals surface area contributed by atoms with Crippen LogP contribution in [0.5, 0.6) is 11.5 Å². The van der Waals surface area contributed by atoms with Crippen LogP contribution in [0.25, 0.3) is 22.2 Å². The van der Waals surface area contributed by atoms with Gasteiger partial charge in [-0.25, -0.2) is 19.0 Å². The number of carboxylic acid groups (broad SMARTS) is 2. The average molecular weight is 548 g/mol. The topological polar surface area (TPSA) is 151 Å². The van der Waals surface area contributed by atoms with Crippen molar-refractivity contribution in [3.63, 3.8) is 0 Å². The lowest BCUT2D eigenvalue weighted by Crippen LogP contribution is -2.21. The highest BCUT2D eigenvalue weighted by atomic mass is 19.4. The molecule has 0 radical (unpaired) electrons. The summed E-state index contributed by atoms with van der Waals surface area (Å²) >= 11 is 0. The number of aromatic nitrogens is 3. The predicted octanol–water partition coefficient (Wildman–Crippen LogP) is 5.41. The number of aliphatic carboxylic acids is 2. The molecule has 16 heteroatoms. The van der Waals surface area contributed by atoms with Gasteiger partial charge in [-0.2, -0.15) is 26.3 Å². The van der Waals surface area contributed by atoms with Crippen LogP contribution in [-0.4, -0.2) is 49.5 Å². The maximum atomic E-state index is 13.0. The number of imidazole rings is 1. The molecule has 0 aliphatic rings. The first-order chi connectivity index (χ1) is 17.6. The molecule has 0 fully saturated rings. The van der Waals surface area contributed by atoms with E-state index in [1.54, 1.807) is 24.5 Å². The fourth-order valence-electron chi connectivity index (χ4n) is 2.48. The normalized spacial score (nSPS) is 11.0. The number of fused-ring (bicyclic) bond motifs is 1. The first-order valence-corrected chi connectivity index (χ1v) is 9.80. The molecule has 5 N–H and O–H groups in total. The maximum absolute atomic E-state index is 13.0. The fraction of sp³-hybridized carbons (Fsp3) is 0.0909. The zero-order valence-corrected chi connectivity index (χ0v) is 18.5. The number of H-pyrrole nitrogens is 1. The summed E-state index contributed by atoms with van der Waals surface area (Å²) < 4.78 is 82.1. The summed E-state index contributed by atoms with van der Waals surface area (Å²) in [7, 11) is 0. The van der Waals surface area contributed by atoms with Crippen molar-refractivity contribution >= 4 is 28.9 Å². The Morgan fingerprint density at radius 1 is 0.816 bits per heavy atom. The molecule has 9 nitrogen and oxygen atoms in total. The standard InChI is InChI=1S/C18H13FN4O.2C2HF3O2/c19-13-2-4-14(5-3-13)24-15-7-12(9-21-10-15)11-1-6-16-17(8-11)23-18(20)22-16;2*3-2(4,5)1(6)7/h1-10H,(H3,20,22,23);2*(H,6,7). The minimum absolute atomic E-state index is 0.304. The molecule has 0 aliphatic carbocycles. The van der Waals surface area contributed by atoms with E-state index < -0.39 is 24.3 Å². The number of nitrogens with two attached hydrogens (primary N) is 1. The van der Waals surface area contributed by atoms with E-state index in [-0.39, 0.29) is 5.82 Å². The summed E-state index contributed by atoms with van der Waals surface area (Å²) in [6.07, 6.45) is -6.81. The van der Waals surface area contributed by atoms with Crippen molar-refractivity contribution in [1.29, 1.82) is 0 Å². The van der Waals surface area contributed by atoms with Crippen molar-refractivity contribution < 1.29 is 55.3 Å². The Balaban J connectivity index is 0.000000301. The minimum atomic E-state index is -5.08. The number of nitrogens with one attached hydrogen (secondary N) is 1. The van der Waals surface area contributed by atoms with Crippen LogP contribution in [0.1, 0.15) is 0 Å². The van der Waals surface area contributed by atoms with Gasteiger partial charge in [0.1, 0.15) is 17.3 Å². The number of ether oxygens (including phenoxy) is 1. The lowest BCUT2D eigenvalue weighted by Gasteiger charge is -2.07. The highest BCUT2D eigenvalue weighted by Gasteiger charge is 2.38. The van der Waals surface area contributed by atoms with E-state index in [4.69, 9.17) is 30.3 Å². The summed E-state index contributed by atoms with van der Waals surface area (Å²) in [6.45, 7) is 0. The molecule has 2 aromatic heterocycles. The summed E-state index contributed by atoms with van der Waals surface area (Å²) in [5, 5.41) is 14.2. The monoisotopic (exact) mass is 548 g/mol. The molecule has 0 aliphatic heterocycles. The number of alkyl halides is 6. The van der Waals surface area contributed by atoms with Crippen LogP contribution < -0.4 is 10.5 Å². The van der Waals surface area contributed by atoms with E-state index in [1.807, 2.05) is 24.3 Å². The SMILES string of the molecule is Nc1nc2ccc(-c3cncc(Oc4ccc(F)cc4)c3)cc2[nH]1.O=C(O)C(F)(F)F.O=C(O)C(F)(F)F. The Morgan fingerprint density at radius 3 is 1.89 bits per heavy atom. The van der Waals surface area contributed by atoms with Gasteiger partial charge in [0.2, 0.25) is 0 Å². The molecule has 2 heterocycles. The van der Waals surface area contributed by atoms with Gasteiger partial charge in [-0.1, -0.05) is 6.07 Å². The van der Waals surface area contributed by atoms with Crippen LogP contribution in [0, 0.1) is 5.82 Å². The van der Waals surface area contributed by atoms with Crippen LogP contribution in [0.15, 0.2) is 60.9 Å². The van der Waals surface area contributed by atoms with E-state index >= 15 is 0 Å². The van der Waals surface area contributed by atoms with Gasteiger partial charge in [-0.3, -0.25) is 4.98 Å². The number of anilines is 1. The second kappa shape index (κ2) is 11.9. The van der Waals surface area contributed by atoms with Crippen molar-refractivity contribution in [2.45, 2.75) is 12.4 Å². The minimum Gasteiger partial charge on any atom is -0.475 e. The highest BCUT2D eigenvalue weighted by molar-refractivity contribution is 5.83. The van der Waals surface area contributed by atoms with Gasteiger partial charge in [-0.05, 0) is 48.0 Å². The zero-order chi connectivity index (χ0) is 28.7. The Kier molecular flexibility index (Phi) is 9.19. The average Bonchev–Trinajstić information content (AvgIpc) is 3.19. The molecule has 4 aromatic rings.